The van der Waals surface area contributed by atoms with E-state index in [1.54, 1.807) is 0 Å². The highest BCUT2D eigenvalue weighted by Gasteiger charge is 2.19. The van der Waals surface area contributed by atoms with Crippen LogP contribution in [-0.4, -0.2) is 13.1 Å². The largest absolute Gasteiger partial charge is 0.316 e. The molecule has 0 aliphatic carbocycles. The lowest BCUT2D eigenvalue weighted by Crippen LogP contribution is -2.30. The van der Waals surface area contributed by atoms with E-state index >= 15 is 0 Å². The smallest absolute Gasteiger partial charge is 0.0438 e. The first kappa shape index (κ1) is 16.5. The van der Waals surface area contributed by atoms with Crippen LogP contribution in [0.3, 0.4) is 0 Å². The van der Waals surface area contributed by atoms with Crippen molar-refractivity contribution in [3.8, 4) is 0 Å². The summed E-state index contributed by atoms with van der Waals surface area (Å²) in [7, 11) is 0. The molecule has 1 aromatic rings. The summed E-state index contributed by atoms with van der Waals surface area (Å²) in [6.45, 7) is 9.03. The van der Waals surface area contributed by atoms with E-state index in [1.165, 1.54) is 24.8 Å². The number of benzene rings is 1. The summed E-state index contributed by atoms with van der Waals surface area (Å²) >= 11 is 6.30. The topological polar surface area (TPSA) is 12.0 Å². The molecular formula is C17H28ClN. The van der Waals surface area contributed by atoms with Crippen molar-refractivity contribution in [3.05, 3.63) is 34.9 Å². The fourth-order valence-corrected chi connectivity index (χ4v) is 2.98. The van der Waals surface area contributed by atoms with Crippen molar-refractivity contribution in [3.63, 3.8) is 0 Å². The summed E-state index contributed by atoms with van der Waals surface area (Å²) in [5.74, 6) is 1.46. The van der Waals surface area contributed by atoms with Gasteiger partial charge in [-0.2, -0.15) is 0 Å². The van der Waals surface area contributed by atoms with Crippen LogP contribution in [0.4, 0.5) is 0 Å². The van der Waals surface area contributed by atoms with Gasteiger partial charge in [0.05, 0.1) is 0 Å². The van der Waals surface area contributed by atoms with Gasteiger partial charge >= 0.3 is 0 Å². The first-order chi connectivity index (χ1) is 9.22. The third kappa shape index (κ3) is 5.54. The minimum absolute atomic E-state index is 0.682. The molecule has 0 saturated heterocycles. The van der Waals surface area contributed by atoms with E-state index in [0.29, 0.717) is 5.92 Å². The van der Waals surface area contributed by atoms with Crippen molar-refractivity contribution in [2.24, 2.45) is 11.8 Å². The quantitative estimate of drug-likeness (QED) is 0.633. The maximum atomic E-state index is 6.30. The second-order valence-corrected chi connectivity index (χ2v) is 5.74. The first-order valence-electron chi connectivity index (χ1n) is 7.66. The van der Waals surface area contributed by atoms with Gasteiger partial charge in [0.25, 0.3) is 0 Å². The Hall–Kier alpha value is -0.530. The Kier molecular flexibility index (Phi) is 8.16. The number of rotatable bonds is 9. The van der Waals surface area contributed by atoms with Crippen LogP contribution >= 0.6 is 11.6 Å². The van der Waals surface area contributed by atoms with Gasteiger partial charge in [-0.1, -0.05) is 63.4 Å². The SMILES string of the molecule is CCCNCC(Cc1ccccc1Cl)C(CC)CC. The van der Waals surface area contributed by atoms with Crippen LogP contribution in [0.1, 0.15) is 45.6 Å². The van der Waals surface area contributed by atoms with Crippen molar-refractivity contribution in [2.45, 2.75) is 46.5 Å². The minimum Gasteiger partial charge on any atom is -0.316 e. The number of halogens is 1. The Balaban J connectivity index is 2.70. The number of nitrogens with one attached hydrogen (secondary N) is 1. The standard InChI is InChI=1S/C17H28ClN/c1-4-11-19-13-16(14(5-2)6-3)12-15-9-7-8-10-17(15)18/h7-10,14,16,19H,4-6,11-13H2,1-3H3. The summed E-state index contributed by atoms with van der Waals surface area (Å²) in [6, 6.07) is 8.26. The molecule has 0 heterocycles. The van der Waals surface area contributed by atoms with Gasteiger partial charge in [0, 0.05) is 5.02 Å². The summed E-state index contributed by atoms with van der Waals surface area (Å²) in [4.78, 5) is 0. The Labute approximate surface area is 123 Å². The molecule has 0 aromatic heterocycles. The van der Waals surface area contributed by atoms with E-state index in [2.05, 4.69) is 38.2 Å². The number of hydrogen-bond acceptors (Lipinski definition) is 1. The van der Waals surface area contributed by atoms with Crippen molar-refractivity contribution in [1.29, 1.82) is 0 Å². The lowest BCUT2D eigenvalue weighted by Gasteiger charge is -2.26. The highest BCUT2D eigenvalue weighted by molar-refractivity contribution is 6.31. The Morgan fingerprint density at radius 2 is 1.74 bits per heavy atom. The van der Waals surface area contributed by atoms with Crippen LogP contribution in [0, 0.1) is 11.8 Å². The molecule has 1 unspecified atom stereocenters. The maximum Gasteiger partial charge on any atom is 0.0438 e. The molecule has 1 nitrogen and oxygen atoms in total. The molecule has 0 saturated carbocycles. The van der Waals surface area contributed by atoms with Crippen LogP contribution in [0.25, 0.3) is 0 Å². The van der Waals surface area contributed by atoms with E-state index in [4.69, 9.17) is 11.6 Å². The van der Waals surface area contributed by atoms with Crippen LogP contribution < -0.4 is 5.32 Å². The lowest BCUT2D eigenvalue weighted by atomic mass is 9.83. The molecule has 108 valence electrons. The fraction of sp³-hybridized carbons (Fsp3) is 0.647. The molecule has 0 aliphatic rings. The normalized spacial score (nSPS) is 12.9. The average Bonchev–Trinajstić information content (AvgIpc) is 2.42. The highest BCUT2D eigenvalue weighted by Crippen LogP contribution is 2.26. The molecule has 2 heteroatoms. The van der Waals surface area contributed by atoms with Gasteiger partial charge in [0.15, 0.2) is 0 Å². The van der Waals surface area contributed by atoms with E-state index in [9.17, 15) is 0 Å². The zero-order valence-corrected chi connectivity index (χ0v) is 13.3. The average molecular weight is 282 g/mol. The summed E-state index contributed by atoms with van der Waals surface area (Å²) in [6.07, 6.45) is 4.78. The van der Waals surface area contributed by atoms with Crippen LogP contribution in [-0.2, 0) is 6.42 Å². The summed E-state index contributed by atoms with van der Waals surface area (Å²) < 4.78 is 0. The molecule has 1 aromatic carbocycles. The van der Waals surface area contributed by atoms with Gasteiger partial charge < -0.3 is 5.32 Å². The van der Waals surface area contributed by atoms with Gasteiger partial charge in [-0.05, 0) is 49.4 Å². The minimum atomic E-state index is 0.682. The predicted molar refractivity (Wildman–Crippen MR) is 85.9 cm³/mol. The van der Waals surface area contributed by atoms with Gasteiger partial charge in [-0.25, -0.2) is 0 Å². The van der Waals surface area contributed by atoms with Crippen LogP contribution in [0.2, 0.25) is 5.02 Å². The third-order valence-electron chi connectivity index (χ3n) is 3.99. The van der Waals surface area contributed by atoms with E-state index in [-0.39, 0.29) is 0 Å². The monoisotopic (exact) mass is 281 g/mol. The zero-order valence-electron chi connectivity index (χ0n) is 12.6. The van der Waals surface area contributed by atoms with Crippen molar-refractivity contribution in [2.75, 3.05) is 13.1 Å². The second-order valence-electron chi connectivity index (χ2n) is 5.34. The molecule has 1 N–H and O–H groups in total. The predicted octanol–water partition coefficient (Wildman–Crippen LogP) is 4.93. The Bertz CT molecular complexity index is 347. The van der Waals surface area contributed by atoms with Gasteiger partial charge in [0.2, 0.25) is 0 Å². The van der Waals surface area contributed by atoms with Gasteiger partial charge in [-0.15, -0.1) is 0 Å². The third-order valence-corrected chi connectivity index (χ3v) is 4.36. The molecule has 0 radical (unpaired) electrons. The van der Waals surface area contributed by atoms with Gasteiger partial charge in [0.1, 0.15) is 0 Å². The molecule has 1 atom stereocenters. The lowest BCUT2D eigenvalue weighted by molar-refractivity contribution is 0.298. The van der Waals surface area contributed by atoms with Gasteiger partial charge in [-0.3, -0.25) is 0 Å². The fourth-order valence-electron chi connectivity index (χ4n) is 2.77. The summed E-state index contributed by atoms with van der Waals surface area (Å²) in [5.41, 5.74) is 1.29. The van der Waals surface area contributed by atoms with Crippen molar-refractivity contribution < 1.29 is 0 Å². The molecule has 0 bridgehead atoms. The summed E-state index contributed by atoms with van der Waals surface area (Å²) in [5, 5.41) is 4.49. The molecule has 1 rings (SSSR count). The Morgan fingerprint density at radius 3 is 2.32 bits per heavy atom. The number of hydrogen-bond donors (Lipinski definition) is 1. The maximum absolute atomic E-state index is 6.30. The molecule has 0 fully saturated rings. The zero-order chi connectivity index (χ0) is 14.1. The Morgan fingerprint density at radius 1 is 1.05 bits per heavy atom. The van der Waals surface area contributed by atoms with Crippen molar-refractivity contribution in [1.82, 2.24) is 5.32 Å². The molecular weight excluding hydrogens is 254 g/mol. The van der Waals surface area contributed by atoms with Crippen LogP contribution in [0.5, 0.6) is 0 Å². The first-order valence-corrected chi connectivity index (χ1v) is 8.04. The second kappa shape index (κ2) is 9.39. The molecule has 0 amide bonds. The van der Waals surface area contributed by atoms with Crippen LogP contribution in [0.15, 0.2) is 24.3 Å². The highest BCUT2D eigenvalue weighted by atomic mass is 35.5. The molecule has 0 spiro atoms. The molecule has 0 aliphatic heterocycles. The van der Waals surface area contributed by atoms with Crippen molar-refractivity contribution >= 4 is 11.6 Å². The van der Waals surface area contributed by atoms with E-state index < -0.39 is 0 Å². The molecule has 19 heavy (non-hydrogen) atoms. The van der Waals surface area contributed by atoms with E-state index in [0.717, 1.165) is 30.5 Å². The van der Waals surface area contributed by atoms with E-state index in [1.807, 2.05) is 12.1 Å².